The lowest BCUT2D eigenvalue weighted by Crippen LogP contribution is -2.29. The van der Waals surface area contributed by atoms with Crippen LogP contribution in [0.1, 0.15) is 37.4 Å². The first-order chi connectivity index (χ1) is 17.0. The average Bonchev–Trinajstić information content (AvgIpc) is 3.13. The number of sulfonamides is 1. The van der Waals surface area contributed by atoms with Crippen LogP contribution in [-0.4, -0.2) is 43.3 Å². The van der Waals surface area contributed by atoms with Crippen molar-refractivity contribution >= 4 is 38.4 Å². The third-order valence-electron chi connectivity index (χ3n) is 6.15. The van der Waals surface area contributed by atoms with Gasteiger partial charge in [0.25, 0.3) is 0 Å². The Morgan fingerprint density at radius 2 is 1.89 bits per heavy atom. The number of nitrogens with one attached hydrogen (secondary N) is 2. The SMILES string of the molecule is C[C@@H]1COc2ccccc2[C@@H](C)Nc2nc(nc3cc(F)c(N4CCCS4(=O)=O)c(C(F)(F)F)c23)N1. The van der Waals surface area contributed by atoms with Gasteiger partial charge in [-0.25, -0.2) is 17.8 Å². The van der Waals surface area contributed by atoms with Gasteiger partial charge in [0.15, 0.2) is 0 Å². The van der Waals surface area contributed by atoms with Crippen LogP contribution in [0.3, 0.4) is 0 Å². The first-order valence-corrected chi connectivity index (χ1v) is 12.9. The van der Waals surface area contributed by atoms with Crippen LogP contribution in [0.2, 0.25) is 0 Å². The molecule has 0 saturated carbocycles. The number of hydrogen-bond acceptors (Lipinski definition) is 7. The molecule has 192 valence electrons. The Balaban J connectivity index is 1.81. The van der Waals surface area contributed by atoms with Crippen LogP contribution >= 0.6 is 0 Å². The van der Waals surface area contributed by atoms with Gasteiger partial charge in [0.05, 0.1) is 34.3 Å². The zero-order valence-electron chi connectivity index (χ0n) is 19.4. The number of hydrogen-bond donors (Lipinski definition) is 2. The van der Waals surface area contributed by atoms with Gasteiger partial charge in [-0.2, -0.15) is 18.2 Å². The van der Waals surface area contributed by atoms with Crippen molar-refractivity contribution in [3.05, 3.63) is 47.3 Å². The molecule has 2 aliphatic heterocycles. The average molecular weight is 526 g/mol. The number of halogens is 4. The summed E-state index contributed by atoms with van der Waals surface area (Å²) >= 11 is 0. The van der Waals surface area contributed by atoms with E-state index < -0.39 is 44.7 Å². The minimum atomic E-state index is -5.10. The second-order valence-corrected chi connectivity index (χ2v) is 10.9. The zero-order chi connectivity index (χ0) is 25.8. The number of anilines is 3. The maximum Gasteiger partial charge on any atom is 0.419 e. The highest BCUT2D eigenvalue weighted by Gasteiger charge is 2.44. The highest BCUT2D eigenvalue weighted by atomic mass is 32.2. The predicted molar refractivity (Wildman–Crippen MR) is 127 cm³/mol. The molecule has 0 unspecified atom stereocenters. The van der Waals surface area contributed by atoms with Crippen molar-refractivity contribution in [2.24, 2.45) is 0 Å². The van der Waals surface area contributed by atoms with Crippen LogP contribution in [0.4, 0.5) is 35.0 Å². The third-order valence-corrected chi connectivity index (χ3v) is 7.99. The summed E-state index contributed by atoms with van der Waals surface area (Å²) in [5.74, 6) is -1.37. The largest absolute Gasteiger partial charge is 0.491 e. The molecule has 1 fully saturated rings. The van der Waals surface area contributed by atoms with Crippen LogP contribution in [0.5, 0.6) is 5.75 Å². The van der Waals surface area contributed by atoms with Gasteiger partial charge in [0.2, 0.25) is 16.0 Å². The summed E-state index contributed by atoms with van der Waals surface area (Å²) in [6.07, 6.45) is -5.01. The Bertz CT molecular complexity index is 1450. The minimum absolute atomic E-state index is 0.0201. The summed E-state index contributed by atoms with van der Waals surface area (Å²) in [4.78, 5) is 8.45. The monoisotopic (exact) mass is 525 g/mol. The van der Waals surface area contributed by atoms with Crippen molar-refractivity contribution in [1.82, 2.24) is 9.97 Å². The van der Waals surface area contributed by atoms with E-state index in [2.05, 4.69) is 20.6 Å². The topological polar surface area (TPSA) is 96.4 Å². The van der Waals surface area contributed by atoms with Crippen molar-refractivity contribution in [3.8, 4) is 5.75 Å². The van der Waals surface area contributed by atoms with E-state index in [4.69, 9.17) is 4.74 Å². The van der Waals surface area contributed by atoms with Gasteiger partial charge in [-0.3, -0.25) is 4.31 Å². The number of aromatic nitrogens is 2. The molecule has 3 aromatic rings. The van der Waals surface area contributed by atoms with E-state index in [1.54, 1.807) is 38.1 Å². The first kappa shape index (κ1) is 24.3. The summed E-state index contributed by atoms with van der Waals surface area (Å²) in [5, 5.41) is 5.47. The van der Waals surface area contributed by atoms with E-state index in [0.717, 1.165) is 6.07 Å². The van der Waals surface area contributed by atoms with E-state index in [1.165, 1.54) is 0 Å². The van der Waals surface area contributed by atoms with Gasteiger partial charge in [-0.1, -0.05) is 18.2 Å². The van der Waals surface area contributed by atoms with Gasteiger partial charge < -0.3 is 15.4 Å². The van der Waals surface area contributed by atoms with Crippen LogP contribution < -0.4 is 19.7 Å². The molecule has 2 atom stereocenters. The van der Waals surface area contributed by atoms with Crippen molar-refractivity contribution < 1.29 is 30.7 Å². The number of benzene rings is 2. The summed E-state index contributed by atoms with van der Waals surface area (Å²) < 4.78 is 90.5. The smallest absolute Gasteiger partial charge is 0.419 e. The molecule has 2 bridgehead atoms. The molecule has 0 radical (unpaired) electrons. The van der Waals surface area contributed by atoms with Crippen molar-refractivity contribution in [1.29, 1.82) is 0 Å². The lowest BCUT2D eigenvalue weighted by molar-refractivity contribution is -0.135. The molecule has 5 rings (SSSR count). The Morgan fingerprint density at radius 1 is 1.14 bits per heavy atom. The molecule has 0 spiro atoms. The number of alkyl halides is 3. The second-order valence-electron chi connectivity index (χ2n) is 8.87. The molecular weight excluding hydrogens is 502 g/mol. The highest BCUT2D eigenvalue weighted by molar-refractivity contribution is 7.93. The maximum absolute atomic E-state index is 15.3. The summed E-state index contributed by atoms with van der Waals surface area (Å²) in [7, 11) is -4.11. The fourth-order valence-corrected chi connectivity index (χ4v) is 6.14. The quantitative estimate of drug-likeness (QED) is 0.445. The summed E-state index contributed by atoms with van der Waals surface area (Å²) in [6.45, 7) is 3.48. The number of para-hydroxylation sites is 1. The minimum Gasteiger partial charge on any atom is -0.491 e. The Morgan fingerprint density at radius 3 is 2.58 bits per heavy atom. The molecule has 1 saturated heterocycles. The number of ether oxygens (including phenoxy) is 1. The molecule has 2 aliphatic rings. The molecule has 0 aliphatic carbocycles. The Kier molecular flexibility index (Phi) is 5.85. The molecule has 0 amide bonds. The maximum atomic E-state index is 15.3. The molecule has 1 aromatic heterocycles. The van der Waals surface area contributed by atoms with Gasteiger partial charge in [-0.15, -0.1) is 0 Å². The van der Waals surface area contributed by atoms with E-state index in [1.807, 2.05) is 0 Å². The van der Waals surface area contributed by atoms with Crippen LogP contribution in [-0.2, 0) is 16.2 Å². The Hall–Kier alpha value is -3.35. The van der Waals surface area contributed by atoms with Crippen molar-refractivity contribution in [2.45, 2.75) is 38.5 Å². The van der Waals surface area contributed by atoms with Gasteiger partial charge >= 0.3 is 6.18 Å². The second kappa shape index (κ2) is 8.64. The van der Waals surface area contributed by atoms with E-state index in [0.29, 0.717) is 15.6 Å². The summed E-state index contributed by atoms with van der Waals surface area (Å²) in [6, 6.07) is 7.02. The van der Waals surface area contributed by atoms with E-state index in [-0.39, 0.29) is 48.7 Å². The molecule has 36 heavy (non-hydrogen) atoms. The zero-order valence-corrected chi connectivity index (χ0v) is 20.2. The van der Waals surface area contributed by atoms with Gasteiger partial charge in [0, 0.05) is 18.2 Å². The van der Waals surface area contributed by atoms with Crippen LogP contribution in [0.15, 0.2) is 30.3 Å². The number of nitrogens with zero attached hydrogens (tertiary/aromatic N) is 3. The highest BCUT2D eigenvalue weighted by Crippen LogP contribution is 2.47. The lowest BCUT2D eigenvalue weighted by Gasteiger charge is -2.25. The number of rotatable bonds is 1. The fraction of sp³-hybridized carbons (Fsp3) is 0.391. The lowest BCUT2D eigenvalue weighted by atomic mass is 10.0. The molecule has 8 nitrogen and oxygen atoms in total. The molecule has 13 heteroatoms. The first-order valence-electron chi connectivity index (χ1n) is 11.3. The van der Waals surface area contributed by atoms with Crippen molar-refractivity contribution in [3.63, 3.8) is 0 Å². The predicted octanol–water partition coefficient (Wildman–Crippen LogP) is 4.69. The normalized spacial score (nSPS) is 21.7. The van der Waals surface area contributed by atoms with Gasteiger partial charge in [0.1, 0.15) is 29.7 Å². The van der Waals surface area contributed by atoms with Crippen LogP contribution in [0, 0.1) is 5.82 Å². The molecular formula is C23H23F4N5O3S. The molecule has 3 heterocycles. The summed E-state index contributed by atoms with van der Waals surface area (Å²) in [5.41, 5.74) is -2.10. The van der Waals surface area contributed by atoms with E-state index in [9.17, 15) is 21.6 Å². The van der Waals surface area contributed by atoms with Crippen molar-refractivity contribution in [2.75, 3.05) is 33.8 Å². The van der Waals surface area contributed by atoms with E-state index >= 15 is 4.39 Å². The third kappa shape index (κ3) is 4.25. The Labute approximate surface area is 204 Å². The molecule has 2 N–H and O–H groups in total. The fourth-order valence-electron chi connectivity index (χ4n) is 4.56. The van der Waals surface area contributed by atoms with Crippen LogP contribution in [0.25, 0.3) is 10.9 Å². The number of fused-ring (bicyclic) bond motifs is 5. The van der Waals surface area contributed by atoms with Gasteiger partial charge in [-0.05, 0) is 26.3 Å². The standard InChI is InChI=1S/C23H23F4N5O3S/c1-12-11-35-17-7-4-3-6-14(17)13(2)29-21-18-16(30-22(28-12)31-21)10-15(24)20(19(18)23(25,26)27)32-8-5-9-36(32,33)34/h3-4,6-7,10,12-13H,5,8-9,11H2,1-2H3,(H2,28,29,30,31)/t12-,13-/m1/s1. The molecule has 2 aromatic carbocycles.